The van der Waals surface area contributed by atoms with Crippen LogP contribution in [0.4, 0.5) is 0 Å². The van der Waals surface area contributed by atoms with E-state index in [9.17, 15) is 4.79 Å². The van der Waals surface area contributed by atoms with E-state index in [1.54, 1.807) is 0 Å². The first kappa shape index (κ1) is 6.93. The summed E-state index contributed by atoms with van der Waals surface area (Å²) < 4.78 is 0. The summed E-state index contributed by atoms with van der Waals surface area (Å²) >= 11 is 0. The quantitative estimate of drug-likeness (QED) is 0.625. The first-order valence-corrected chi connectivity index (χ1v) is 4.99. The summed E-state index contributed by atoms with van der Waals surface area (Å²) in [6.07, 6.45) is 6.11. The minimum atomic E-state index is -0.0451. The molecule has 4 fully saturated rings. The minimum absolute atomic E-state index is 0.0144. The molecule has 1 amide bonds. The maximum Gasteiger partial charge on any atom is 0.223 e. The first-order chi connectivity index (χ1) is 5.70. The zero-order chi connectivity index (χ0) is 8.34. The van der Waals surface area contributed by atoms with Gasteiger partial charge in [-0.15, -0.1) is 0 Å². The highest BCUT2D eigenvalue weighted by molar-refractivity contribution is 5.81. The van der Waals surface area contributed by atoms with Gasteiger partial charge >= 0.3 is 0 Å². The van der Waals surface area contributed by atoms with Crippen molar-refractivity contribution in [2.24, 2.45) is 28.9 Å². The highest BCUT2D eigenvalue weighted by Gasteiger charge is 2.58. The van der Waals surface area contributed by atoms with Crippen molar-refractivity contribution < 1.29 is 4.79 Å². The van der Waals surface area contributed by atoms with E-state index in [1.807, 2.05) is 0 Å². The predicted molar refractivity (Wildman–Crippen MR) is 45.2 cm³/mol. The molecule has 66 valence electrons. The van der Waals surface area contributed by atoms with Crippen LogP contribution in [0.15, 0.2) is 0 Å². The molecule has 4 aliphatic rings. The van der Waals surface area contributed by atoms with Crippen LogP contribution in [-0.4, -0.2) is 5.91 Å². The van der Waals surface area contributed by atoms with Crippen LogP contribution in [0.2, 0.25) is 0 Å². The summed E-state index contributed by atoms with van der Waals surface area (Å²) in [5, 5.41) is 0. The van der Waals surface area contributed by atoms with E-state index < -0.39 is 0 Å². The number of hydrogen-bond acceptors (Lipinski definition) is 1. The Morgan fingerprint density at radius 2 is 1.75 bits per heavy atom. The summed E-state index contributed by atoms with van der Waals surface area (Å²) in [6.45, 7) is 0. The van der Waals surface area contributed by atoms with E-state index in [1.165, 1.54) is 12.8 Å². The van der Waals surface area contributed by atoms with Crippen molar-refractivity contribution in [3.05, 3.63) is 0 Å². The van der Waals surface area contributed by atoms with Crippen molar-refractivity contribution in [1.29, 1.82) is 0 Å². The van der Waals surface area contributed by atoms with Gasteiger partial charge in [0, 0.05) is 5.41 Å². The van der Waals surface area contributed by atoms with Gasteiger partial charge in [0.1, 0.15) is 0 Å². The third kappa shape index (κ3) is 0.644. The van der Waals surface area contributed by atoms with E-state index in [0.29, 0.717) is 0 Å². The third-order valence-electron chi connectivity index (χ3n) is 4.45. The fourth-order valence-electron chi connectivity index (χ4n) is 4.11. The number of carbonyl (C=O) groups is 1. The van der Waals surface area contributed by atoms with Crippen LogP contribution in [0.1, 0.15) is 32.1 Å². The number of primary amides is 1. The number of carbonyl (C=O) groups excluding carboxylic acids is 1. The van der Waals surface area contributed by atoms with Crippen molar-refractivity contribution >= 4 is 5.91 Å². The molecule has 0 aromatic rings. The third-order valence-corrected chi connectivity index (χ3v) is 4.45. The van der Waals surface area contributed by atoms with Crippen molar-refractivity contribution in [3.63, 3.8) is 0 Å². The van der Waals surface area contributed by atoms with E-state index in [4.69, 9.17) is 5.73 Å². The Balaban J connectivity index is 1.98. The second-order valence-electron chi connectivity index (χ2n) is 5.11. The Labute approximate surface area is 72.5 Å². The lowest BCUT2D eigenvalue weighted by molar-refractivity contribution is -0.130. The second kappa shape index (κ2) is 1.86. The Morgan fingerprint density at radius 1 is 1.17 bits per heavy atom. The molecule has 2 nitrogen and oxygen atoms in total. The zero-order valence-corrected chi connectivity index (χ0v) is 7.25. The lowest BCUT2D eigenvalue weighted by Gasteiger charge is -2.35. The molecule has 0 aromatic heterocycles. The maximum absolute atomic E-state index is 11.3. The van der Waals surface area contributed by atoms with Crippen LogP contribution in [-0.2, 0) is 4.79 Å². The Bertz CT molecular complexity index is 229. The van der Waals surface area contributed by atoms with Crippen LogP contribution in [0, 0.1) is 23.2 Å². The highest BCUT2D eigenvalue weighted by Crippen LogP contribution is 2.63. The molecule has 0 spiro atoms. The van der Waals surface area contributed by atoms with Gasteiger partial charge in [0.05, 0.1) is 0 Å². The van der Waals surface area contributed by atoms with Crippen LogP contribution in [0.25, 0.3) is 0 Å². The molecule has 0 saturated heterocycles. The van der Waals surface area contributed by atoms with Gasteiger partial charge in [-0.3, -0.25) is 4.79 Å². The monoisotopic (exact) mass is 165 g/mol. The van der Waals surface area contributed by atoms with Crippen LogP contribution >= 0.6 is 0 Å². The standard InChI is InChI=1S/C10H15NO/c11-9(12)10-3-6-1-7(4-10)8(2-6)5-10/h6-8H,1-5H2,(H2,11,12)/t6?,7-,8?,10?/m1/s1. The smallest absolute Gasteiger partial charge is 0.223 e. The lowest BCUT2D eigenvalue weighted by Crippen LogP contribution is -2.39. The normalized spacial score (nSPS) is 54.8. The Morgan fingerprint density at radius 3 is 2.17 bits per heavy atom. The van der Waals surface area contributed by atoms with E-state index in [-0.39, 0.29) is 11.3 Å². The minimum Gasteiger partial charge on any atom is -0.369 e. The summed E-state index contributed by atoms with van der Waals surface area (Å²) in [4.78, 5) is 11.3. The van der Waals surface area contributed by atoms with Crippen molar-refractivity contribution in [3.8, 4) is 0 Å². The summed E-state index contributed by atoms with van der Waals surface area (Å²) in [5.74, 6) is 2.54. The lowest BCUT2D eigenvalue weighted by atomic mass is 9.69. The van der Waals surface area contributed by atoms with Crippen LogP contribution in [0.5, 0.6) is 0 Å². The molecule has 0 heterocycles. The zero-order valence-electron chi connectivity index (χ0n) is 7.25. The number of hydrogen-bond donors (Lipinski definition) is 1. The fourth-order valence-corrected chi connectivity index (χ4v) is 4.11. The van der Waals surface area contributed by atoms with Crippen LogP contribution < -0.4 is 5.73 Å². The molecule has 4 aliphatic carbocycles. The Hall–Kier alpha value is -0.530. The molecule has 2 N–H and O–H groups in total. The van der Waals surface area contributed by atoms with Gasteiger partial charge in [-0.1, -0.05) is 0 Å². The fraction of sp³-hybridized carbons (Fsp3) is 0.900. The average Bonchev–Trinajstić information content (AvgIpc) is 2.39. The predicted octanol–water partition coefficient (Wildman–Crippen LogP) is 1.30. The van der Waals surface area contributed by atoms with Crippen molar-refractivity contribution in [1.82, 2.24) is 0 Å². The molecule has 0 aromatic carbocycles. The van der Waals surface area contributed by atoms with E-state index in [0.717, 1.165) is 37.0 Å². The molecule has 12 heavy (non-hydrogen) atoms. The average molecular weight is 165 g/mol. The number of amides is 1. The first-order valence-electron chi connectivity index (χ1n) is 4.99. The van der Waals surface area contributed by atoms with E-state index in [2.05, 4.69) is 0 Å². The molecule has 3 unspecified atom stereocenters. The Kier molecular flexibility index (Phi) is 1.07. The second-order valence-corrected chi connectivity index (χ2v) is 5.11. The maximum atomic E-state index is 11.3. The number of nitrogens with two attached hydrogens (primary N) is 1. The van der Waals surface area contributed by atoms with Gasteiger partial charge in [0.25, 0.3) is 0 Å². The molecule has 2 heteroatoms. The molecule has 4 bridgehead atoms. The molecule has 0 aliphatic heterocycles. The molecular formula is C10H15NO. The summed E-state index contributed by atoms with van der Waals surface area (Å²) in [6, 6.07) is 0. The van der Waals surface area contributed by atoms with Crippen molar-refractivity contribution in [2.75, 3.05) is 0 Å². The number of rotatable bonds is 1. The largest absolute Gasteiger partial charge is 0.369 e. The summed E-state index contributed by atoms with van der Waals surface area (Å²) in [5.41, 5.74) is 5.44. The summed E-state index contributed by atoms with van der Waals surface area (Å²) in [7, 11) is 0. The van der Waals surface area contributed by atoms with Gasteiger partial charge in [0.15, 0.2) is 0 Å². The van der Waals surface area contributed by atoms with Crippen LogP contribution in [0.3, 0.4) is 0 Å². The molecule has 4 rings (SSSR count). The molecule has 4 atom stereocenters. The SMILES string of the molecule is NC(=O)C12CC3CC(C1)[C@H](C3)C2. The topological polar surface area (TPSA) is 43.1 Å². The molecule has 0 radical (unpaired) electrons. The van der Waals surface area contributed by atoms with Gasteiger partial charge in [0.2, 0.25) is 5.91 Å². The molecular weight excluding hydrogens is 150 g/mol. The highest BCUT2D eigenvalue weighted by atomic mass is 16.1. The van der Waals surface area contributed by atoms with Gasteiger partial charge < -0.3 is 5.73 Å². The van der Waals surface area contributed by atoms with Gasteiger partial charge in [-0.2, -0.15) is 0 Å². The van der Waals surface area contributed by atoms with Crippen molar-refractivity contribution in [2.45, 2.75) is 32.1 Å². The van der Waals surface area contributed by atoms with E-state index >= 15 is 0 Å². The van der Waals surface area contributed by atoms with Gasteiger partial charge in [-0.05, 0) is 49.9 Å². The van der Waals surface area contributed by atoms with Gasteiger partial charge in [-0.25, -0.2) is 0 Å². The molecule has 4 saturated carbocycles.